The third-order valence-corrected chi connectivity index (χ3v) is 2.49. The summed E-state index contributed by atoms with van der Waals surface area (Å²) in [5.74, 6) is 0.0116. The van der Waals surface area contributed by atoms with Crippen molar-refractivity contribution in [3.63, 3.8) is 0 Å². The minimum absolute atomic E-state index is 0.0116. The van der Waals surface area contributed by atoms with Crippen LogP contribution in [0.15, 0.2) is 18.2 Å². The van der Waals surface area contributed by atoms with E-state index in [1.54, 1.807) is 11.0 Å². The molecule has 0 fully saturated rings. The van der Waals surface area contributed by atoms with E-state index in [9.17, 15) is 4.79 Å². The highest BCUT2D eigenvalue weighted by Gasteiger charge is 2.13. The van der Waals surface area contributed by atoms with Crippen molar-refractivity contribution in [1.29, 1.82) is 0 Å². The summed E-state index contributed by atoms with van der Waals surface area (Å²) in [5.41, 5.74) is 2.24. The van der Waals surface area contributed by atoms with Gasteiger partial charge in [-0.3, -0.25) is 4.79 Å². The molecule has 0 aromatic heterocycles. The van der Waals surface area contributed by atoms with Crippen LogP contribution in [0.2, 0.25) is 0 Å². The van der Waals surface area contributed by atoms with Crippen molar-refractivity contribution in [2.45, 2.75) is 20.8 Å². The lowest BCUT2D eigenvalue weighted by Crippen LogP contribution is -2.33. The van der Waals surface area contributed by atoms with Crippen molar-refractivity contribution in [2.24, 2.45) is 0 Å². The topological polar surface area (TPSA) is 20.3 Å². The summed E-state index contributed by atoms with van der Waals surface area (Å²) in [7, 11) is 5.82. The van der Waals surface area contributed by atoms with E-state index >= 15 is 0 Å². The van der Waals surface area contributed by atoms with Crippen LogP contribution in [0.5, 0.6) is 0 Å². The van der Waals surface area contributed by atoms with Gasteiger partial charge in [0, 0.05) is 18.7 Å². The first kappa shape index (κ1) is 11.8. The van der Waals surface area contributed by atoms with Gasteiger partial charge in [-0.15, -0.1) is 0 Å². The van der Waals surface area contributed by atoms with Crippen LogP contribution in [0, 0.1) is 6.92 Å². The van der Waals surface area contributed by atoms with Crippen LogP contribution in [0.25, 0.3) is 0 Å². The molecule has 0 unspecified atom stereocenters. The van der Waals surface area contributed by atoms with Gasteiger partial charge in [-0.05, 0) is 26.8 Å². The van der Waals surface area contributed by atoms with E-state index < -0.39 is 0 Å². The first-order chi connectivity index (χ1) is 7.10. The first-order valence-electron chi connectivity index (χ1n) is 5.25. The average Bonchev–Trinajstić information content (AvgIpc) is 2.19. The summed E-state index contributed by atoms with van der Waals surface area (Å²) in [6.07, 6.45) is 0. The first-order valence-corrected chi connectivity index (χ1v) is 5.25. The fourth-order valence-corrected chi connectivity index (χ4v) is 1.56. The molecular formula is C12H16BNO. The molecule has 1 amide bonds. The Morgan fingerprint density at radius 1 is 1.33 bits per heavy atom. The molecule has 1 aromatic rings. The van der Waals surface area contributed by atoms with Gasteiger partial charge in [0.2, 0.25) is 0 Å². The molecule has 2 radical (unpaired) electrons. The van der Waals surface area contributed by atoms with Crippen molar-refractivity contribution in [3.05, 3.63) is 29.3 Å². The molecule has 2 nitrogen and oxygen atoms in total. The second-order valence-corrected chi connectivity index (χ2v) is 3.57. The number of aryl methyl sites for hydroxylation is 1. The van der Waals surface area contributed by atoms with E-state index in [1.165, 1.54) is 0 Å². The van der Waals surface area contributed by atoms with Gasteiger partial charge >= 0.3 is 0 Å². The molecule has 0 N–H and O–H groups in total. The Hall–Kier alpha value is -1.25. The van der Waals surface area contributed by atoms with Crippen LogP contribution < -0.4 is 5.46 Å². The number of carbonyl (C=O) groups is 1. The van der Waals surface area contributed by atoms with Gasteiger partial charge in [-0.2, -0.15) is 0 Å². The van der Waals surface area contributed by atoms with Gasteiger partial charge in [-0.25, -0.2) is 0 Å². The highest BCUT2D eigenvalue weighted by atomic mass is 16.2. The molecule has 15 heavy (non-hydrogen) atoms. The molecule has 1 aromatic carbocycles. The second kappa shape index (κ2) is 5.01. The van der Waals surface area contributed by atoms with Crippen LogP contribution in [-0.4, -0.2) is 31.7 Å². The van der Waals surface area contributed by atoms with Gasteiger partial charge in [0.15, 0.2) is 0 Å². The molecule has 0 spiro atoms. The van der Waals surface area contributed by atoms with E-state index in [-0.39, 0.29) is 5.91 Å². The fraction of sp³-hybridized carbons (Fsp3) is 0.417. The summed E-state index contributed by atoms with van der Waals surface area (Å²) in [6, 6.07) is 5.54. The molecule has 0 aliphatic heterocycles. The third-order valence-electron chi connectivity index (χ3n) is 2.49. The zero-order chi connectivity index (χ0) is 11.4. The van der Waals surface area contributed by atoms with Crippen molar-refractivity contribution in [2.75, 3.05) is 13.1 Å². The van der Waals surface area contributed by atoms with Crippen molar-refractivity contribution < 1.29 is 4.79 Å². The molecule has 0 heterocycles. The monoisotopic (exact) mass is 201 g/mol. The van der Waals surface area contributed by atoms with Crippen LogP contribution in [0.1, 0.15) is 29.8 Å². The van der Waals surface area contributed by atoms with Crippen LogP contribution in [0.3, 0.4) is 0 Å². The fourth-order valence-electron chi connectivity index (χ4n) is 1.56. The van der Waals surface area contributed by atoms with Gasteiger partial charge < -0.3 is 4.90 Å². The summed E-state index contributed by atoms with van der Waals surface area (Å²) in [4.78, 5) is 13.7. The van der Waals surface area contributed by atoms with E-state index in [4.69, 9.17) is 7.85 Å². The Morgan fingerprint density at radius 2 is 1.93 bits per heavy atom. The minimum atomic E-state index is 0.0116. The number of benzene rings is 1. The van der Waals surface area contributed by atoms with Gasteiger partial charge in [-0.1, -0.05) is 23.2 Å². The summed E-state index contributed by atoms with van der Waals surface area (Å²) in [6.45, 7) is 7.31. The number of carbonyl (C=O) groups excluding carboxylic acids is 1. The highest BCUT2D eigenvalue weighted by Crippen LogP contribution is 2.04. The van der Waals surface area contributed by atoms with Gasteiger partial charge in [0.25, 0.3) is 5.91 Å². The Bertz CT molecular complexity index is 359. The highest BCUT2D eigenvalue weighted by molar-refractivity contribution is 6.36. The zero-order valence-electron chi connectivity index (χ0n) is 9.58. The second-order valence-electron chi connectivity index (χ2n) is 3.57. The number of amides is 1. The maximum atomic E-state index is 12.0. The average molecular weight is 201 g/mol. The van der Waals surface area contributed by atoms with Crippen molar-refractivity contribution in [3.8, 4) is 0 Å². The van der Waals surface area contributed by atoms with Crippen LogP contribution in [-0.2, 0) is 0 Å². The van der Waals surface area contributed by atoms with E-state index in [0.29, 0.717) is 24.1 Å². The SMILES string of the molecule is [B]c1cc(C)ccc1C(=O)N(CC)CC. The summed E-state index contributed by atoms with van der Waals surface area (Å²) < 4.78 is 0. The molecule has 3 heteroatoms. The molecule has 0 aliphatic carbocycles. The van der Waals surface area contributed by atoms with Crippen molar-refractivity contribution >= 4 is 19.2 Å². The number of hydrogen-bond donors (Lipinski definition) is 0. The predicted octanol–water partition coefficient (Wildman–Crippen LogP) is 1.27. The Labute approximate surface area is 92.7 Å². The minimum Gasteiger partial charge on any atom is -0.339 e. The van der Waals surface area contributed by atoms with Crippen LogP contribution >= 0.6 is 0 Å². The molecule has 0 bridgehead atoms. The van der Waals surface area contributed by atoms with Crippen LogP contribution in [0.4, 0.5) is 0 Å². The Balaban J connectivity index is 3.00. The van der Waals surface area contributed by atoms with E-state index in [2.05, 4.69) is 0 Å². The van der Waals surface area contributed by atoms with E-state index in [1.807, 2.05) is 32.9 Å². The molecule has 0 saturated heterocycles. The molecule has 0 aliphatic rings. The summed E-state index contributed by atoms with van der Waals surface area (Å²) >= 11 is 0. The Kier molecular flexibility index (Phi) is 3.95. The lowest BCUT2D eigenvalue weighted by Gasteiger charge is -2.20. The van der Waals surface area contributed by atoms with Crippen molar-refractivity contribution in [1.82, 2.24) is 4.90 Å². The Morgan fingerprint density at radius 3 is 2.40 bits per heavy atom. The molecule has 0 saturated carbocycles. The standard InChI is InChI=1S/C12H16BNO/c1-4-14(5-2)12(15)10-7-6-9(3)8-11(10)13/h6-8H,4-5H2,1-3H3. The normalized spacial score (nSPS) is 10.1. The largest absolute Gasteiger partial charge is 0.339 e. The molecule has 78 valence electrons. The molecule has 0 atom stereocenters. The molecular weight excluding hydrogens is 185 g/mol. The zero-order valence-corrected chi connectivity index (χ0v) is 9.58. The molecule has 1 rings (SSSR count). The third kappa shape index (κ3) is 2.61. The van der Waals surface area contributed by atoms with Gasteiger partial charge in [0.1, 0.15) is 7.85 Å². The smallest absolute Gasteiger partial charge is 0.253 e. The maximum Gasteiger partial charge on any atom is 0.253 e. The lowest BCUT2D eigenvalue weighted by atomic mass is 9.88. The number of nitrogens with zero attached hydrogens (tertiary/aromatic N) is 1. The quantitative estimate of drug-likeness (QED) is 0.674. The number of rotatable bonds is 3. The number of hydrogen-bond acceptors (Lipinski definition) is 1. The predicted molar refractivity (Wildman–Crippen MR) is 63.8 cm³/mol. The van der Waals surface area contributed by atoms with E-state index in [0.717, 1.165) is 5.56 Å². The maximum absolute atomic E-state index is 12.0. The van der Waals surface area contributed by atoms with Gasteiger partial charge in [0.05, 0.1) is 0 Å². The lowest BCUT2D eigenvalue weighted by molar-refractivity contribution is 0.0774. The summed E-state index contributed by atoms with van der Waals surface area (Å²) in [5, 5.41) is 0.